The highest BCUT2D eigenvalue weighted by atomic mass is 32.1. The van der Waals surface area contributed by atoms with Gasteiger partial charge < -0.3 is 40.0 Å². The molecule has 0 bridgehead atoms. The van der Waals surface area contributed by atoms with Gasteiger partial charge in [0.15, 0.2) is 10.2 Å². The molecule has 0 fully saturated rings. The van der Waals surface area contributed by atoms with Gasteiger partial charge in [-0.1, -0.05) is 0 Å². The van der Waals surface area contributed by atoms with Crippen LogP contribution in [0.1, 0.15) is 102 Å². The van der Waals surface area contributed by atoms with Crippen LogP contribution in [0, 0.1) is 0 Å². The second-order valence-electron chi connectivity index (χ2n) is 14.2. The van der Waals surface area contributed by atoms with E-state index in [4.69, 9.17) is 38.6 Å². The third-order valence-corrected chi connectivity index (χ3v) is 6.50. The van der Waals surface area contributed by atoms with Gasteiger partial charge in [-0.2, -0.15) is 10.2 Å². The molecule has 282 valence electrons. The molecule has 0 unspecified atom stereocenters. The van der Waals surface area contributed by atoms with Crippen LogP contribution in [0.5, 0.6) is 0 Å². The summed E-state index contributed by atoms with van der Waals surface area (Å²) in [7, 11) is 1.70. The van der Waals surface area contributed by atoms with Crippen molar-refractivity contribution >= 4 is 64.4 Å². The molecule has 0 aliphatic heterocycles. The first kappa shape index (κ1) is 45.5. The van der Waals surface area contributed by atoms with E-state index < -0.39 is 35.1 Å². The molecular formula is C32H61N9O6S2. The Kier molecular flexibility index (Phi) is 20.7. The molecule has 3 amide bonds. The standard InChI is InChI=1S/C32H61N9O6S2/c1-23(36-38-25(48)33-12)24(2)37-39-26(49)34-17-15-21-40(28(43)46-31(6,7)8)19-13-14-20-41(29(44)47-32(9,10)11)22-16-18-35-27(42)45-30(3,4)5/h13-22H2,1-12H3,(H,35,42)(H2,33,38,48)(H2,34,39,49)/b36-23+,37-24+. The first-order chi connectivity index (χ1) is 22.5. The van der Waals surface area contributed by atoms with Crippen molar-refractivity contribution in [1.82, 2.24) is 36.6 Å². The minimum absolute atomic E-state index is 0.332. The highest BCUT2D eigenvalue weighted by Gasteiger charge is 2.24. The van der Waals surface area contributed by atoms with E-state index in [-0.39, 0.29) is 0 Å². The summed E-state index contributed by atoms with van der Waals surface area (Å²) in [5, 5.41) is 17.7. The van der Waals surface area contributed by atoms with Gasteiger partial charge in [0.25, 0.3) is 0 Å². The maximum Gasteiger partial charge on any atom is 0.410 e. The van der Waals surface area contributed by atoms with Gasteiger partial charge in [-0.05, 0) is 126 Å². The number of carbonyl (C=O) groups excluding carboxylic acids is 3. The molecule has 0 spiro atoms. The molecule has 5 N–H and O–H groups in total. The Morgan fingerprint density at radius 2 is 0.959 bits per heavy atom. The number of unbranched alkanes of at least 4 members (excludes halogenated alkanes) is 1. The van der Waals surface area contributed by atoms with Crippen LogP contribution in [-0.4, -0.2) is 113 Å². The normalized spacial score (nSPS) is 12.3. The van der Waals surface area contributed by atoms with E-state index >= 15 is 0 Å². The van der Waals surface area contributed by atoms with Crippen molar-refractivity contribution in [2.45, 2.75) is 119 Å². The molecule has 0 saturated heterocycles. The quantitative estimate of drug-likeness (QED) is 0.0482. The maximum absolute atomic E-state index is 13.0. The Hall–Kier alpha value is -3.47. The molecule has 17 heteroatoms. The third-order valence-electron chi connectivity index (χ3n) is 5.97. The van der Waals surface area contributed by atoms with E-state index in [1.54, 1.807) is 51.5 Å². The number of amides is 3. The van der Waals surface area contributed by atoms with Crippen LogP contribution >= 0.6 is 24.4 Å². The number of nitrogens with one attached hydrogen (secondary N) is 5. The minimum atomic E-state index is -0.653. The number of hydrogen-bond donors (Lipinski definition) is 5. The lowest BCUT2D eigenvalue weighted by molar-refractivity contribution is 0.0207. The average Bonchev–Trinajstić information content (AvgIpc) is 2.95. The van der Waals surface area contributed by atoms with Crippen LogP contribution in [0.2, 0.25) is 0 Å². The number of hydrazone groups is 2. The van der Waals surface area contributed by atoms with E-state index in [1.165, 1.54) is 0 Å². The second kappa shape index (κ2) is 22.3. The molecule has 0 aromatic rings. The van der Waals surface area contributed by atoms with Crippen molar-refractivity contribution in [2.75, 3.05) is 46.3 Å². The van der Waals surface area contributed by atoms with Crippen LogP contribution in [-0.2, 0) is 14.2 Å². The molecular weight excluding hydrogens is 671 g/mol. The van der Waals surface area contributed by atoms with Gasteiger partial charge in [0, 0.05) is 46.3 Å². The fourth-order valence-electron chi connectivity index (χ4n) is 3.62. The summed E-state index contributed by atoms with van der Waals surface area (Å²) in [4.78, 5) is 41.2. The van der Waals surface area contributed by atoms with E-state index in [2.05, 4.69) is 37.0 Å². The topological polar surface area (TPSA) is 170 Å². The number of alkyl carbamates (subject to hydrolysis) is 1. The SMILES string of the molecule is CNC(=S)N/N=C(C)/C(C)=N/NC(=S)NCCCN(CCCCN(CCCNC(=O)OC(C)(C)C)C(=O)OC(C)(C)C)C(=O)OC(C)(C)C. The fourth-order valence-corrected chi connectivity index (χ4v) is 3.81. The summed E-state index contributed by atoms with van der Waals surface area (Å²) in [6, 6.07) is 0. The molecule has 49 heavy (non-hydrogen) atoms. The lowest BCUT2D eigenvalue weighted by Crippen LogP contribution is -2.41. The smallest absolute Gasteiger partial charge is 0.410 e. The highest BCUT2D eigenvalue weighted by molar-refractivity contribution is 7.80. The number of nitrogens with zero attached hydrogens (tertiary/aromatic N) is 4. The van der Waals surface area contributed by atoms with Crippen LogP contribution in [0.15, 0.2) is 10.2 Å². The first-order valence-corrected chi connectivity index (χ1v) is 17.4. The van der Waals surface area contributed by atoms with Gasteiger partial charge in [0.1, 0.15) is 16.8 Å². The van der Waals surface area contributed by atoms with Crippen molar-refractivity contribution in [3.63, 3.8) is 0 Å². The van der Waals surface area contributed by atoms with Gasteiger partial charge in [0.2, 0.25) is 0 Å². The molecule has 0 radical (unpaired) electrons. The number of ether oxygens (including phenoxy) is 3. The molecule has 15 nitrogen and oxygen atoms in total. The molecule has 0 aromatic carbocycles. The summed E-state index contributed by atoms with van der Waals surface area (Å²) in [5.74, 6) is 0. The maximum atomic E-state index is 13.0. The number of hydrogen-bond acceptors (Lipinski definition) is 10. The van der Waals surface area contributed by atoms with Crippen LogP contribution < -0.4 is 26.8 Å². The summed E-state index contributed by atoms with van der Waals surface area (Å²) in [5.41, 5.74) is 4.85. The minimum Gasteiger partial charge on any atom is -0.444 e. The summed E-state index contributed by atoms with van der Waals surface area (Å²) in [6.45, 7) is 22.4. The highest BCUT2D eigenvalue weighted by Crippen LogP contribution is 2.13. The van der Waals surface area contributed by atoms with E-state index in [1.807, 2.05) is 41.5 Å². The van der Waals surface area contributed by atoms with E-state index in [9.17, 15) is 14.4 Å². The molecule has 0 saturated carbocycles. The van der Waals surface area contributed by atoms with Crippen molar-refractivity contribution in [2.24, 2.45) is 10.2 Å². The van der Waals surface area contributed by atoms with E-state index in [0.29, 0.717) is 86.6 Å². The largest absolute Gasteiger partial charge is 0.444 e. The van der Waals surface area contributed by atoms with Gasteiger partial charge in [-0.25, -0.2) is 14.4 Å². The first-order valence-electron chi connectivity index (χ1n) is 16.6. The van der Waals surface area contributed by atoms with Gasteiger partial charge >= 0.3 is 18.3 Å². The van der Waals surface area contributed by atoms with Gasteiger partial charge in [-0.3, -0.25) is 10.9 Å². The lowest BCUT2D eigenvalue weighted by atomic mass is 10.2. The Labute approximate surface area is 304 Å². The summed E-state index contributed by atoms with van der Waals surface area (Å²) in [6.07, 6.45) is 1.03. The van der Waals surface area contributed by atoms with Crippen LogP contribution in [0.3, 0.4) is 0 Å². The molecule has 0 atom stereocenters. The predicted molar refractivity (Wildman–Crippen MR) is 203 cm³/mol. The van der Waals surface area contributed by atoms with Crippen LogP contribution in [0.4, 0.5) is 14.4 Å². The number of rotatable bonds is 16. The number of thiocarbonyl (C=S) groups is 2. The van der Waals surface area contributed by atoms with Gasteiger partial charge in [0.05, 0.1) is 11.4 Å². The van der Waals surface area contributed by atoms with Crippen molar-refractivity contribution < 1.29 is 28.6 Å². The Bertz CT molecular complexity index is 1150. The fraction of sp³-hybridized carbons (Fsp3) is 0.781. The monoisotopic (exact) mass is 731 g/mol. The molecule has 0 heterocycles. The Morgan fingerprint density at radius 1 is 0.592 bits per heavy atom. The third kappa shape index (κ3) is 25.2. The Morgan fingerprint density at radius 3 is 1.35 bits per heavy atom. The van der Waals surface area contributed by atoms with Crippen molar-refractivity contribution in [3.05, 3.63) is 0 Å². The van der Waals surface area contributed by atoms with Crippen molar-refractivity contribution in [1.29, 1.82) is 0 Å². The molecule has 0 rings (SSSR count). The van der Waals surface area contributed by atoms with Crippen LogP contribution in [0.25, 0.3) is 0 Å². The number of carbonyl (C=O) groups is 3. The Balaban J connectivity index is 5.09. The van der Waals surface area contributed by atoms with Crippen molar-refractivity contribution in [3.8, 4) is 0 Å². The zero-order valence-electron chi connectivity index (χ0n) is 31.6. The molecule has 0 aliphatic carbocycles. The molecule has 0 aromatic heterocycles. The second-order valence-corrected chi connectivity index (χ2v) is 15.0. The predicted octanol–water partition coefficient (Wildman–Crippen LogP) is 4.86. The zero-order valence-corrected chi connectivity index (χ0v) is 33.3. The average molecular weight is 732 g/mol. The lowest BCUT2D eigenvalue weighted by Gasteiger charge is -2.29. The van der Waals surface area contributed by atoms with E-state index in [0.717, 1.165) is 0 Å². The molecule has 0 aliphatic rings. The summed E-state index contributed by atoms with van der Waals surface area (Å²) >= 11 is 10.3. The van der Waals surface area contributed by atoms with Gasteiger partial charge in [-0.15, -0.1) is 0 Å². The summed E-state index contributed by atoms with van der Waals surface area (Å²) < 4.78 is 16.5. The zero-order chi connectivity index (χ0) is 37.8.